The molecule has 0 aliphatic carbocycles. The van der Waals surface area contributed by atoms with E-state index in [2.05, 4.69) is 10.9 Å². The van der Waals surface area contributed by atoms with Crippen LogP contribution in [0.2, 0.25) is 0 Å². The molecule has 0 saturated carbocycles. The number of benzene rings is 2. The highest BCUT2D eigenvalue weighted by Crippen LogP contribution is 2.42. The second-order valence-electron chi connectivity index (χ2n) is 6.41. The summed E-state index contributed by atoms with van der Waals surface area (Å²) in [6.45, 7) is 3.84. The van der Waals surface area contributed by atoms with Gasteiger partial charge in [-0.15, -0.1) is 0 Å². The van der Waals surface area contributed by atoms with Crippen molar-refractivity contribution in [3.05, 3.63) is 47.0 Å². The van der Waals surface area contributed by atoms with Gasteiger partial charge in [-0.1, -0.05) is 13.0 Å². The standard InChI is InChI=1S/C19H22N2O4/c1-2-11-7-13(16(23)9-15(11)22)19-14(10-20-21-19)12-3-4-17-18(8-12)25-6-5-24-17/h3-4,7-9,14,19-23H,2,5-6,10H2,1H3. The number of aryl methyl sites for hydroxylation is 1. The van der Waals surface area contributed by atoms with E-state index in [-0.39, 0.29) is 23.5 Å². The fourth-order valence-corrected chi connectivity index (χ4v) is 3.57. The van der Waals surface area contributed by atoms with Crippen LogP contribution in [0.25, 0.3) is 0 Å². The Morgan fingerprint density at radius 1 is 1.04 bits per heavy atom. The van der Waals surface area contributed by atoms with Crippen LogP contribution in [0.1, 0.15) is 35.6 Å². The fourth-order valence-electron chi connectivity index (χ4n) is 3.57. The average Bonchev–Trinajstić information content (AvgIpc) is 3.11. The zero-order chi connectivity index (χ0) is 17.4. The molecule has 1 fully saturated rings. The molecule has 0 spiro atoms. The Morgan fingerprint density at radius 3 is 2.64 bits per heavy atom. The predicted molar refractivity (Wildman–Crippen MR) is 93.2 cm³/mol. The molecular weight excluding hydrogens is 320 g/mol. The van der Waals surface area contributed by atoms with Crippen LogP contribution >= 0.6 is 0 Å². The Bertz CT molecular complexity index is 793. The van der Waals surface area contributed by atoms with Crippen molar-refractivity contribution in [3.8, 4) is 23.0 Å². The number of hydrazine groups is 1. The lowest BCUT2D eigenvalue weighted by Gasteiger charge is -2.24. The van der Waals surface area contributed by atoms with Gasteiger partial charge in [0.15, 0.2) is 11.5 Å². The van der Waals surface area contributed by atoms with Crippen molar-refractivity contribution in [2.75, 3.05) is 19.8 Å². The van der Waals surface area contributed by atoms with Crippen LogP contribution in [0, 0.1) is 0 Å². The Kier molecular flexibility index (Phi) is 4.15. The van der Waals surface area contributed by atoms with Gasteiger partial charge in [0, 0.05) is 24.1 Å². The van der Waals surface area contributed by atoms with Crippen LogP contribution in [-0.4, -0.2) is 30.0 Å². The molecule has 0 bridgehead atoms. The van der Waals surface area contributed by atoms with Gasteiger partial charge in [0.05, 0.1) is 6.04 Å². The van der Waals surface area contributed by atoms with E-state index in [4.69, 9.17) is 9.47 Å². The van der Waals surface area contributed by atoms with E-state index in [0.29, 0.717) is 19.6 Å². The van der Waals surface area contributed by atoms with Gasteiger partial charge in [0.25, 0.3) is 0 Å². The van der Waals surface area contributed by atoms with Crippen molar-refractivity contribution in [2.45, 2.75) is 25.3 Å². The highest BCUT2D eigenvalue weighted by molar-refractivity contribution is 5.50. The zero-order valence-electron chi connectivity index (χ0n) is 14.1. The van der Waals surface area contributed by atoms with Gasteiger partial charge in [-0.2, -0.15) is 0 Å². The van der Waals surface area contributed by atoms with Crippen LogP contribution < -0.4 is 20.3 Å². The summed E-state index contributed by atoms with van der Waals surface area (Å²) in [6, 6.07) is 9.19. The topological polar surface area (TPSA) is 83.0 Å². The summed E-state index contributed by atoms with van der Waals surface area (Å²) in [6.07, 6.45) is 0.702. The van der Waals surface area contributed by atoms with Gasteiger partial charge >= 0.3 is 0 Å². The number of nitrogens with one attached hydrogen (secondary N) is 2. The van der Waals surface area contributed by atoms with E-state index in [1.807, 2.05) is 31.2 Å². The Balaban J connectivity index is 1.69. The summed E-state index contributed by atoms with van der Waals surface area (Å²) in [5.74, 6) is 1.88. The van der Waals surface area contributed by atoms with Gasteiger partial charge in [-0.05, 0) is 35.7 Å². The number of phenolic OH excluding ortho intramolecular Hbond substituents is 2. The van der Waals surface area contributed by atoms with Gasteiger partial charge in [0.2, 0.25) is 0 Å². The number of fused-ring (bicyclic) bond motifs is 1. The number of hydrogen-bond acceptors (Lipinski definition) is 6. The number of hydrogen-bond donors (Lipinski definition) is 4. The third-order valence-electron chi connectivity index (χ3n) is 4.92. The van der Waals surface area contributed by atoms with Crippen LogP contribution in [0.3, 0.4) is 0 Å². The molecule has 6 heteroatoms. The van der Waals surface area contributed by atoms with E-state index in [1.165, 1.54) is 6.07 Å². The van der Waals surface area contributed by atoms with Gasteiger partial charge in [-0.3, -0.25) is 5.43 Å². The second-order valence-corrected chi connectivity index (χ2v) is 6.41. The van der Waals surface area contributed by atoms with Crippen LogP contribution in [0.5, 0.6) is 23.0 Å². The van der Waals surface area contributed by atoms with Crippen molar-refractivity contribution in [3.63, 3.8) is 0 Å². The maximum absolute atomic E-state index is 10.4. The summed E-state index contributed by atoms with van der Waals surface area (Å²) in [7, 11) is 0. The SMILES string of the molecule is CCc1cc(C2NNCC2c2ccc3c(c2)OCCO3)c(O)cc1O. The van der Waals surface area contributed by atoms with E-state index < -0.39 is 0 Å². The minimum Gasteiger partial charge on any atom is -0.508 e. The van der Waals surface area contributed by atoms with Crippen LogP contribution in [-0.2, 0) is 6.42 Å². The van der Waals surface area contributed by atoms with E-state index in [1.54, 1.807) is 0 Å². The lowest BCUT2D eigenvalue weighted by Crippen LogP contribution is -2.25. The largest absolute Gasteiger partial charge is 0.508 e. The van der Waals surface area contributed by atoms with Crippen molar-refractivity contribution >= 4 is 0 Å². The molecule has 4 rings (SSSR count). The summed E-state index contributed by atoms with van der Waals surface area (Å²) in [5.41, 5.74) is 9.14. The first-order valence-electron chi connectivity index (χ1n) is 8.60. The Hall–Kier alpha value is -2.44. The quantitative estimate of drug-likeness (QED) is 0.685. The average molecular weight is 342 g/mol. The monoisotopic (exact) mass is 342 g/mol. The molecule has 6 nitrogen and oxygen atoms in total. The molecule has 2 heterocycles. The molecule has 0 amide bonds. The van der Waals surface area contributed by atoms with Crippen LogP contribution in [0.4, 0.5) is 0 Å². The number of aromatic hydroxyl groups is 2. The minimum atomic E-state index is -0.103. The minimum absolute atomic E-state index is 0.0958. The third-order valence-corrected chi connectivity index (χ3v) is 4.92. The van der Waals surface area contributed by atoms with Crippen molar-refractivity contribution in [1.82, 2.24) is 10.9 Å². The maximum Gasteiger partial charge on any atom is 0.161 e. The number of phenols is 2. The molecule has 2 aliphatic heterocycles. The first-order chi connectivity index (χ1) is 12.2. The highest BCUT2D eigenvalue weighted by atomic mass is 16.6. The van der Waals surface area contributed by atoms with Gasteiger partial charge in [0.1, 0.15) is 24.7 Å². The summed E-state index contributed by atoms with van der Waals surface area (Å²) >= 11 is 0. The molecule has 2 atom stereocenters. The van der Waals surface area contributed by atoms with Gasteiger partial charge < -0.3 is 19.7 Å². The molecule has 4 N–H and O–H groups in total. The molecule has 132 valence electrons. The van der Waals surface area contributed by atoms with E-state index in [9.17, 15) is 10.2 Å². The molecule has 0 aromatic heterocycles. The second kappa shape index (κ2) is 6.46. The molecule has 25 heavy (non-hydrogen) atoms. The lowest BCUT2D eigenvalue weighted by molar-refractivity contribution is 0.171. The third kappa shape index (κ3) is 2.88. The summed E-state index contributed by atoms with van der Waals surface area (Å²) in [5, 5.41) is 20.3. The van der Waals surface area contributed by atoms with Gasteiger partial charge in [-0.25, -0.2) is 5.43 Å². The zero-order valence-corrected chi connectivity index (χ0v) is 14.1. The number of ether oxygens (including phenoxy) is 2. The summed E-state index contributed by atoms with van der Waals surface area (Å²) < 4.78 is 11.3. The number of rotatable bonds is 3. The smallest absolute Gasteiger partial charge is 0.161 e. The molecule has 2 unspecified atom stereocenters. The molecule has 2 aliphatic rings. The molecule has 1 saturated heterocycles. The fraction of sp³-hybridized carbons (Fsp3) is 0.368. The molecule has 2 aromatic carbocycles. The molecule has 0 radical (unpaired) electrons. The van der Waals surface area contributed by atoms with E-state index >= 15 is 0 Å². The maximum atomic E-state index is 10.4. The highest BCUT2D eigenvalue weighted by Gasteiger charge is 2.32. The van der Waals surface area contributed by atoms with Crippen molar-refractivity contribution < 1.29 is 19.7 Å². The van der Waals surface area contributed by atoms with Crippen molar-refractivity contribution in [2.24, 2.45) is 0 Å². The molecular formula is C19H22N2O4. The Labute approximate surface area is 146 Å². The predicted octanol–water partition coefficient (Wildman–Crippen LogP) is 2.36. The Morgan fingerprint density at radius 2 is 1.84 bits per heavy atom. The lowest BCUT2D eigenvalue weighted by atomic mass is 9.87. The van der Waals surface area contributed by atoms with Crippen molar-refractivity contribution in [1.29, 1.82) is 0 Å². The first-order valence-corrected chi connectivity index (χ1v) is 8.60. The normalized spacial score (nSPS) is 22.1. The van der Waals surface area contributed by atoms with E-state index in [0.717, 1.165) is 34.7 Å². The van der Waals surface area contributed by atoms with Crippen LogP contribution in [0.15, 0.2) is 30.3 Å². The summed E-state index contributed by atoms with van der Waals surface area (Å²) in [4.78, 5) is 0. The molecule has 2 aromatic rings. The first kappa shape index (κ1) is 16.1.